The topological polar surface area (TPSA) is 120 Å². The minimum atomic E-state index is -4.46. The van der Waals surface area contributed by atoms with Crippen LogP contribution in [0.1, 0.15) is 5.56 Å². The van der Waals surface area contributed by atoms with Gasteiger partial charge in [0.2, 0.25) is 0 Å². The zero-order valence-corrected chi connectivity index (χ0v) is 14.7. The van der Waals surface area contributed by atoms with Gasteiger partial charge in [-0.15, -0.1) is 15.0 Å². The third-order valence-electron chi connectivity index (χ3n) is 3.22. The number of anilines is 1. The van der Waals surface area contributed by atoms with Crippen LogP contribution >= 0.6 is 11.3 Å². The molecule has 0 saturated carbocycles. The van der Waals surface area contributed by atoms with Gasteiger partial charge in [-0.2, -0.15) is 12.6 Å². The Labute approximate surface area is 144 Å². The van der Waals surface area contributed by atoms with Crippen molar-refractivity contribution in [1.82, 2.24) is 4.98 Å². The highest BCUT2D eigenvalue weighted by atomic mass is 32.3. The lowest BCUT2D eigenvalue weighted by Gasteiger charge is -2.06. The Kier molecular flexibility index (Phi) is 4.40. The molecule has 0 aliphatic heterocycles. The molecule has 1 atom stereocenters. The van der Waals surface area contributed by atoms with Gasteiger partial charge in [0.1, 0.15) is 9.90 Å². The number of aryl methyl sites for hydroxylation is 1. The summed E-state index contributed by atoms with van der Waals surface area (Å²) in [6, 6.07) is 10.1. The van der Waals surface area contributed by atoms with Crippen LogP contribution in [0.25, 0.3) is 20.8 Å². The number of benzene rings is 2. The highest BCUT2D eigenvalue weighted by Gasteiger charge is 2.23. The van der Waals surface area contributed by atoms with Crippen LogP contribution in [0.5, 0.6) is 0 Å². The lowest BCUT2D eigenvalue weighted by Crippen LogP contribution is -2.10. The van der Waals surface area contributed by atoms with Crippen LogP contribution in [-0.2, 0) is 25.1 Å². The van der Waals surface area contributed by atoms with Crippen LogP contribution in [0.3, 0.4) is 0 Å². The van der Waals surface area contributed by atoms with Crippen molar-refractivity contribution in [3.8, 4) is 10.6 Å². The standard InChI is InChI=1S/C14H12N2O5S3/c1-8-2-5-11-12(6-8)22-14(16-11)9-3-4-10(15)13(7-9)24(19,20)21-23(17)18/h2-7H,15H2,1H3,(H,17,18). The first-order valence-corrected chi connectivity index (χ1v) is 9.85. The van der Waals surface area contributed by atoms with Crippen LogP contribution in [0.15, 0.2) is 41.3 Å². The number of nitrogen functional groups attached to an aromatic ring is 1. The largest absolute Gasteiger partial charge is 0.398 e. The van der Waals surface area contributed by atoms with Gasteiger partial charge in [-0.1, -0.05) is 6.07 Å². The average Bonchev–Trinajstić information content (AvgIpc) is 2.89. The summed E-state index contributed by atoms with van der Waals surface area (Å²) >= 11 is -1.56. The van der Waals surface area contributed by atoms with Gasteiger partial charge in [0.05, 0.1) is 15.9 Å². The fourth-order valence-electron chi connectivity index (χ4n) is 2.15. The second-order valence-corrected chi connectivity index (χ2v) is 8.34. The van der Waals surface area contributed by atoms with Crippen LogP contribution in [-0.4, -0.2) is 22.2 Å². The summed E-state index contributed by atoms with van der Waals surface area (Å²) < 4.78 is 48.4. The van der Waals surface area contributed by atoms with Crippen molar-refractivity contribution in [3.63, 3.8) is 0 Å². The van der Waals surface area contributed by atoms with Crippen LogP contribution in [0.4, 0.5) is 5.69 Å². The normalized spacial score (nSPS) is 13.2. The fraction of sp³-hybridized carbons (Fsp3) is 0.0714. The molecule has 1 unspecified atom stereocenters. The van der Waals surface area contributed by atoms with E-state index in [1.165, 1.54) is 23.5 Å². The predicted octanol–water partition coefficient (Wildman–Crippen LogP) is 2.70. The van der Waals surface area contributed by atoms with Crippen molar-refractivity contribution in [2.45, 2.75) is 11.8 Å². The van der Waals surface area contributed by atoms with Crippen molar-refractivity contribution < 1.29 is 20.8 Å². The Morgan fingerprint density at radius 1 is 1.25 bits per heavy atom. The Hall–Kier alpha value is -1.85. The zero-order valence-electron chi connectivity index (χ0n) is 12.3. The van der Waals surface area contributed by atoms with Gasteiger partial charge in [-0.3, -0.25) is 4.55 Å². The Morgan fingerprint density at radius 2 is 2.00 bits per heavy atom. The smallest absolute Gasteiger partial charge is 0.317 e. The maximum absolute atomic E-state index is 12.0. The summed E-state index contributed by atoms with van der Waals surface area (Å²) in [5.41, 5.74) is 8.00. The molecule has 1 aromatic heterocycles. The summed E-state index contributed by atoms with van der Waals surface area (Å²) in [5, 5.41) is 0.608. The molecule has 0 aliphatic carbocycles. The van der Waals surface area contributed by atoms with Crippen molar-refractivity contribution in [1.29, 1.82) is 0 Å². The lowest BCUT2D eigenvalue weighted by atomic mass is 10.2. The zero-order chi connectivity index (χ0) is 17.5. The average molecular weight is 384 g/mol. The monoisotopic (exact) mass is 384 g/mol. The highest BCUT2D eigenvalue weighted by molar-refractivity contribution is 7.95. The molecule has 2 aromatic carbocycles. The Balaban J connectivity index is 2.12. The molecule has 0 radical (unpaired) electrons. The molecule has 3 N–H and O–H groups in total. The number of hydrogen-bond donors (Lipinski definition) is 2. The van der Waals surface area contributed by atoms with E-state index in [0.29, 0.717) is 10.6 Å². The molecule has 0 bridgehead atoms. The van der Waals surface area contributed by atoms with Gasteiger partial charge < -0.3 is 5.73 Å². The molecule has 3 aromatic rings. The molecule has 0 spiro atoms. The van der Waals surface area contributed by atoms with E-state index in [4.69, 9.17) is 10.3 Å². The van der Waals surface area contributed by atoms with Crippen molar-refractivity contribution >= 4 is 48.7 Å². The number of nitrogens with two attached hydrogens (primary N) is 1. The van der Waals surface area contributed by atoms with Gasteiger partial charge in [0.25, 0.3) is 0 Å². The Morgan fingerprint density at radius 3 is 2.71 bits per heavy atom. The van der Waals surface area contributed by atoms with E-state index < -0.39 is 21.5 Å². The molecule has 1 heterocycles. The summed E-state index contributed by atoms with van der Waals surface area (Å²) in [7, 11) is -4.46. The van der Waals surface area contributed by atoms with Crippen molar-refractivity contribution in [2.24, 2.45) is 0 Å². The number of nitrogens with zero attached hydrogens (tertiary/aromatic N) is 1. The number of thiazole rings is 1. The van der Waals surface area contributed by atoms with E-state index in [-0.39, 0.29) is 10.6 Å². The SMILES string of the molecule is Cc1ccc2nc(-c3ccc(N)c(S(=O)(=O)OS(=O)O)c3)sc2c1. The van der Waals surface area contributed by atoms with E-state index in [0.717, 1.165) is 15.8 Å². The molecular weight excluding hydrogens is 372 g/mol. The molecule has 7 nitrogen and oxygen atoms in total. The lowest BCUT2D eigenvalue weighted by molar-refractivity contribution is 0.443. The number of hydrogen-bond acceptors (Lipinski definition) is 7. The first kappa shape index (κ1) is 17.0. The Bertz CT molecular complexity index is 1060. The second kappa shape index (κ2) is 6.22. The van der Waals surface area contributed by atoms with Crippen LogP contribution in [0.2, 0.25) is 0 Å². The molecule has 10 heteroatoms. The summed E-state index contributed by atoms with van der Waals surface area (Å²) in [5.74, 6) is 0. The highest BCUT2D eigenvalue weighted by Crippen LogP contribution is 2.33. The van der Waals surface area contributed by atoms with E-state index in [1.807, 2.05) is 25.1 Å². The maximum atomic E-state index is 12.0. The third kappa shape index (κ3) is 3.32. The quantitative estimate of drug-likeness (QED) is 0.524. The second-order valence-electron chi connectivity index (χ2n) is 4.98. The summed E-state index contributed by atoms with van der Waals surface area (Å²) in [6.07, 6.45) is 0. The van der Waals surface area contributed by atoms with Gasteiger partial charge >= 0.3 is 21.5 Å². The first-order valence-electron chi connectivity index (χ1n) is 6.59. The molecule has 0 amide bonds. The third-order valence-corrected chi connectivity index (χ3v) is 6.36. The van der Waals surface area contributed by atoms with Crippen LogP contribution < -0.4 is 5.73 Å². The molecule has 0 saturated heterocycles. The molecule has 0 fully saturated rings. The molecule has 0 aliphatic rings. The minimum Gasteiger partial charge on any atom is -0.398 e. The van der Waals surface area contributed by atoms with Crippen LogP contribution in [0, 0.1) is 6.92 Å². The summed E-state index contributed by atoms with van der Waals surface area (Å²) in [4.78, 5) is 4.09. The number of fused-ring (bicyclic) bond motifs is 1. The fourth-order valence-corrected chi connectivity index (χ4v) is 4.75. The van der Waals surface area contributed by atoms with E-state index in [2.05, 4.69) is 8.61 Å². The van der Waals surface area contributed by atoms with E-state index in [1.54, 1.807) is 6.07 Å². The predicted molar refractivity (Wildman–Crippen MR) is 93.2 cm³/mol. The van der Waals surface area contributed by atoms with Gasteiger partial charge in [-0.25, -0.2) is 4.98 Å². The number of rotatable bonds is 4. The molecule has 24 heavy (non-hydrogen) atoms. The number of aromatic nitrogens is 1. The molecule has 126 valence electrons. The van der Waals surface area contributed by atoms with Crippen molar-refractivity contribution in [2.75, 3.05) is 5.73 Å². The van der Waals surface area contributed by atoms with Crippen molar-refractivity contribution in [3.05, 3.63) is 42.0 Å². The maximum Gasteiger partial charge on any atom is 0.317 e. The van der Waals surface area contributed by atoms with E-state index >= 15 is 0 Å². The van der Waals surface area contributed by atoms with Gasteiger partial charge in [0, 0.05) is 5.56 Å². The van der Waals surface area contributed by atoms with Gasteiger partial charge in [0.15, 0.2) is 0 Å². The van der Waals surface area contributed by atoms with E-state index in [9.17, 15) is 12.6 Å². The minimum absolute atomic E-state index is 0.0823. The molecule has 3 rings (SSSR count). The van der Waals surface area contributed by atoms with Gasteiger partial charge in [-0.05, 0) is 42.8 Å². The summed E-state index contributed by atoms with van der Waals surface area (Å²) in [6.45, 7) is 1.97. The first-order chi connectivity index (χ1) is 11.3. The molecular formula is C14H12N2O5S3.